The summed E-state index contributed by atoms with van der Waals surface area (Å²) in [6.45, 7) is 6.63. The van der Waals surface area contributed by atoms with Crippen molar-refractivity contribution in [2.24, 2.45) is 16.6 Å². The Morgan fingerprint density at radius 1 is 1.35 bits per heavy atom. The van der Waals surface area contributed by atoms with Gasteiger partial charge in [-0.15, -0.1) is 0 Å². The van der Waals surface area contributed by atoms with E-state index in [-0.39, 0.29) is 22.8 Å². The average Bonchev–Trinajstić information content (AvgIpc) is 2.85. The van der Waals surface area contributed by atoms with E-state index in [1.165, 1.54) is 12.0 Å². The Hall–Kier alpha value is -0.870. The normalized spacial score (nSPS) is 54.1. The van der Waals surface area contributed by atoms with Gasteiger partial charge >= 0.3 is 5.97 Å². The maximum absolute atomic E-state index is 12.0. The van der Waals surface area contributed by atoms with Gasteiger partial charge in [-0.25, -0.2) is 4.79 Å². The monoisotopic (exact) mass is 276 g/mol. The fourth-order valence-corrected chi connectivity index (χ4v) is 5.67. The molecule has 0 unspecified atom stereocenters. The molecule has 20 heavy (non-hydrogen) atoms. The largest absolute Gasteiger partial charge is 0.436 e. The number of rotatable bonds is 0. The molecule has 3 aliphatic heterocycles. The van der Waals surface area contributed by atoms with Crippen LogP contribution in [0.5, 0.6) is 0 Å². The molecular formula is C16H24N2O2. The summed E-state index contributed by atoms with van der Waals surface area (Å²) < 4.78 is 5.89. The van der Waals surface area contributed by atoms with E-state index in [9.17, 15) is 4.79 Å². The van der Waals surface area contributed by atoms with Crippen LogP contribution in [0.3, 0.4) is 0 Å². The summed E-state index contributed by atoms with van der Waals surface area (Å²) in [7, 11) is 2.12. The minimum atomic E-state index is -0.498. The molecule has 2 saturated heterocycles. The highest BCUT2D eigenvalue weighted by Gasteiger charge is 2.72. The Morgan fingerprint density at radius 2 is 2.05 bits per heavy atom. The summed E-state index contributed by atoms with van der Waals surface area (Å²) in [4.78, 5) is 14.4. The first-order valence-electron chi connectivity index (χ1n) is 7.68. The third-order valence-corrected chi connectivity index (χ3v) is 7.37. The average molecular weight is 276 g/mol. The van der Waals surface area contributed by atoms with Crippen LogP contribution in [0, 0.1) is 10.8 Å². The van der Waals surface area contributed by atoms with Crippen molar-refractivity contribution in [3.63, 3.8) is 0 Å². The summed E-state index contributed by atoms with van der Waals surface area (Å²) in [5, 5.41) is 0. The van der Waals surface area contributed by atoms with Gasteiger partial charge in [0.05, 0.1) is 0 Å². The first-order valence-corrected chi connectivity index (χ1v) is 7.68. The Kier molecular flexibility index (Phi) is 2.12. The minimum Gasteiger partial charge on any atom is -0.436 e. The molecule has 2 bridgehead atoms. The van der Waals surface area contributed by atoms with Crippen molar-refractivity contribution in [2.75, 3.05) is 7.05 Å². The molecule has 3 heterocycles. The molecule has 0 aromatic carbocycles. The van der Waals surface area contributed by atoms with Gasteiger partial charge in [-0.2, -0.15) is 0 Å². The first kappa shape index (κ1) is 12.8. The van der Waals surface area contributed by atoms with Gasteiger partial charge in [-0.1, -0.05) is 13.8 Å². The summed E-state index contributed by atoms with van der Waals surface area (Å²) in [6.07, 6.45) is 4.07. The number of esters is 1. The molecule has 4 nitrogen and oxygen atoms in total. The number of piperidine rings is 1. The molecule has 0 aromatic rings. The first-order chi connectivity index (χ1) is 9.26. The number of carbonyl (C=O) groups excluding carboxylic acids is 1. The lowest BCUT2D eigenvalue weighted by Crippen LogP contribution is -2.64. The highest BCUT2D eigenvalue weighted by atomic mass is 16.6. The van der Waals surface area contributed by atoms with Crippen molar-refractivity contribution in [1.29, 1.82) is 0 Å². The molecule has 1 spiro atoms. The Balaban J connectivity index is 1.92. The molecule has 4 rings (SSSR count). The van der Waals surface area contributed by atoms with Gasteiger partial charge < -0.3 is 10.5 Å². The summed E-state index contributed by atoms with van der Waals surface area (Å²) >= 11 is 0. The summed E-state index contributed by atoms with van der Waals surface area (Å²) in [5.74, 6) is -0.135. The predicted octanol–water partition coefficient (Wildman–Crippen LogP) is 1.80. The quantitative estimate of drug-likeness (QED) is 0.685. The number of hydrogen-bond donors (Lipinski definition) is 1. The topological polar surface area (TPSA) is 55.6 Å². The van der Waals surface area contributed by atoms with Crippen LogP contribution in [-0.4, -0.2) is 35.7 Å². The number of ether oxygens (including phenoxy) is 1. The third kappa shape index (κ3) is 1.05. The molecule has 1 saturated carbocycles. The summed E-state index contributed by atoms with van der Waals surface area (Å²) in [5.41, 5.74) is 8.31. The highest BCUT2D eigenvalue weighted by Crippen LogP contribution is 2.69. The molecule has 0 amide bonds. The molecule has 4 aliphatic rings. The fraction of sp³-hybridized carbons (Fsp3) is 0.812. The van der Waals surface area contributed by atoms with Crippen LogP contribution in [0.4, 0.5) is 0 Å². The molecule has 5 atom stereocenters. The van der Waals surface area contributed by atoms with E-state index < -0.39 is 5.72 Å². The van der Waals surface area contributed by atoms with Crippen molar-refractivity contribution in [2.45, 2.75) is 64.3 Å². The van der Waals surface area contributed by atoms with Crippen molar-refractivity contribution in [3.8, 4) is 0 Å². The number of fused-ring (bicyclic) bond motifs is 3. The Bertz CT molecular complexity index is 557. The zero-order valence-corrected chi connectivity index (χ0v) is 12.8. The Morgan fingerprint density at radius 3 is 2.75 bits per heavy atom. The molecule has 2 N–H and O–H groups in total. The van der Waals surface area contributed by atoms with E-state index >= 15 is 0 Å². The van der Waals surface area contributed by atoms with E-state index in [2.05, 4.69) is 25.8 Å². The minimum absolute atomic E-state index is 0.0524. The van der Waals surface area contributed by atoms with Crippen molar-refractivity contribution < 1.29 is 9.53 Å². The highest BCUT2D eigenvalue weighted by molar-refractivity contribution is 5.92. The van der Waals surface area contributed by atoms with Gasteiger partial charge in [0, 0.05) is 29.7 Å². The van der Waals surface area contributed by atoms with Crippen LogP contribution in [0.1, 0.15) is 46.5 Å². The standard InChI is InChI=1S/C16H24N2O2/c1-9-10-7-12-14(2)6-5-11(17)15(14,3)8-16(10,18(12)4)20-13(9)19/h11-12H,5-8,17H2,1-4H3/t11-,12+,14-,15-,16-/m1/s1. The van der Waals surface area contributed by atoms with Crippen LogP contribution < -0.4 is 5.73 Å². The third-order valence-electron chi connectivity index (χ3n) is 7.37. The number of nitrogens with zero attached hydrogens (tertiary/aromatic N) is 1. The van der Waals surface area contributed by atoms with Crippen LogP contribution in [0.15, 0.2) is 11.1 Å². The van der Waals surface area contributed by atoms with E-state index in [1.54, 1.807) is 0 Å². The van der Waals surface area contributed by atoms with Gasteiger partial charge in [-0.3, -0.25) is 4.90 Å². The van der Waals surface area contributed by atoms with Gasteiger partial charge in [0.15, 0.2) is 5.72 Å². The maximum atomic E-state index is 12.0. The Labute approximate surface area is 120 Å². The van der Waals surface area contributed by atoms with Crippen LogP contribution in [0.2, 0.25) is 0 Å². The summed E-state index contributed by atoms with van der Waals surface area (Å²) in [6, 6.07) is 0.646. The zero-order valence-electron chi connectivity index (χ0n) is 12.8. The molecule has 1 aliphatic carbocycles. The molecule has 110 valence electrons. The molecule has 0 aromatic heterocycles. The van der Waals surface area contributed by atoms with Crippen molar-refractivity contribution in [1.82, 2.24) is 4.90 Å². The second-order valence-electron chi connectivity index (χ2n) is 7.77. The smallest absolute Gasteiger partial charge is 0.335 e. The fourth-order valence-electron chi connectivity index (χ4n) is 5.67. The van der Waals surface area contributed by atoms with Crippen LogP contribution >= 0.6 is 0 Å². The number of carbonyl (C=O) groups is 1. The van der Waals surface area contributed by atoms with E-state index in [0.717, 1.165) is 24.8 Å². The molecular weight excluding hydrogens is 252 g/mol. The lowest BCUT2D eigenvalue weighted by atomic mass is 9.58. The second kappa shape index (κ2) is 3.30. The van der Waals surface area contributed by atoms with E-state index in [0.29, 0.717) is 6.04 Å². The van der Waals surface area contributed by atoms with Gasteiger partial charge in [-0.05, 0) is 44.1 Å². The van der Waals surface area contributed by atoms with Crippen LogP contribution in [0.25, 0.3) is 0 Å². The molecule has 4 heteroatoms. The molecule has 3 fully saturated rings. The van der Waals surface area contributed by atoms with Crippen LogP contribution in [-0.2, 0) is 9.53 Å². The number of hydrogen-bond acceptors (Lipinski definition) is 4. The number of nitrogens with two attached hydrogens (primary N) is 1. The van der Waals surface area contributed by atoms with Gasteiger partial charge in [0.25, 0.3) is 0 Å². The SMILES string of the molecule is CC1=C2C[C@@H]3N(C)[C@]2(C[C@]2(C)[C@H](N)CC[C@]32C)OC1=O. The predicted molar refractivity (Wildman–Crippen MR) is 75.7 cm³/mol. The second-order valence-corrected chi connectivity index (χ2v) is 7.77. The van der Waals surface area contributed by atoms with Crippen molar-refractivity contribution >= 4 is 5.97 Å². The van der Waals surface area contributed by atoms with E-state index in [1.807, 2.05) is 6.92 Å². The van der Waals surface area contributed by atoms with Gasteiger partial charge in [0.1, 0.15) is 0 Å². The maximum Gasteiger partial charge on any atom is 0.335 e. The van der Waals surface area contributed by atoms with Crippen molar-refractivity contribution in [3.05, 3.63) is 11.1 Å². The van der Waals surface area contributed by atoms with Gasteiger partial charge in [0.2, 0.25) is 0 Å². The lowest BCUT2D eigenvalue weighted by Gasteiger charge is -2.57. The van der Waals surface area contributed by atoms with E-state index in [4.69, 9.17) is 10.5 Å². The molecule has 0 radical (unpaired) electrons. The number of likely N-dealkylation sites (N-methyl/N-ethyl adjacent to an activating group) is 1. The zero-order chi connectivity index (χ0) is 14.5. The lowest BCUT2D eigenvalue weighted by molar-refractivity contribution is -0.198.